The second kappa shape index (κ2) is 8.06. The largest absolute Gasteiger partial charge is 0.497 e. The van der Waals surface area contributed by atoms with E-state index in [0.717, 1.165) is 22.3 Å². The quantitative estimate of drug-likeness (QED) is 0.517. The molecule has 0 aliphatic carbocycles. The Morgan fingerprint density at radius 2 is 1.79 bits per heavy atom. The first-order valence-corrected chi connectivity index (χ1v) is 9.25. The van der Waals surface area contributed by atoms with Crippen molar-refractivity contribution in [1.29, 1.82) is 0 Å². The van der Waals surface area contributed by atoms with Gasteiger partial charge in [-0.3, -0.25) is 4.79 Å². The van der Waals surface area contributed by atoms with Crippen LogP contribution in [0, 0.1) is 6.92 Å². The minimum atomic E-state index is -0.151. The van der Waals surface area contributed by atoms with Gasteiger partial charge < -0.3 is 19.4 Å². The monoisotopic (exact) mass is 387 g/mol. The van der Waals surface area contributed by atoms with Gasteiger partial charge in [0, 0.05) is 17.4 Å². The van der Waals surface area contributed by atoms with Gasteiger partial charge in [-0.2, -0.15) is 0 Å². The molecule has 0 saturated heterocycles. The summed E-state index contributed by atoms with van der Waals surface area (Å²) >= 11 is 0. The summed E-state index contributed by atoms with van der Waals surface area (Å²) in [5.41, 5.74) is 2.57. The topological polar surface area (TPSA) is 65.4 Å². The summed E-state index contributed by atoms with van der Waals surface area (Å²) < 4.78 is 13.0. The molecule has 4 rings (SSSR count). The van der Waals surface area contributed by atoms with Crippen molar-refractivity contribution in [2.45, 2.75) is 13.5 Å². The van der Waals surface area contributed by atoms with E-state index >= 15 is 0 Å². The molecule has 1 N–H and O–H groups in total. The van der Waals surface area contributed by atoms with Gasteiger partial charge in [0.2, 0.25) is 11.8 Å². The number of anilines is 1. The number of methoxy groups -OCH3 is 1. The van der Waals surface area contributed by atoms with Gasteiger partial charge in [0.05, 0.1) is 7.11 Å². The number of amides is 1. The number of aromatic nitrogens is 2. The van der Waals surface area contributed by atoms with Crippen molar-refractivity contribution in [2.24, 2.45) is 0 Å². The summed E-state index contributed by atoms with van der Waals surface area (Å²) in [6.07, 6.45) is 1.62. The van der Waals surface area contributed by atoms with Gasteiger partial charge in [-0.05, 0) is 60.8 Å². The van der Waals surface area contributed by atoms with Crippen LogP contribution in [0.4, 0.5) is 5.69 Å². The van der Waals surface area contributed by atoms with Gasteiger partial charge >= 0.3 is 0 Å². The van der Waals surface area contributed by atoms with E-state index < -0.39 is 0 Å². The van der Waals surface area contributed by atoms with Gasteiger partial charge in [-0.15, -0.1) is 0 Å². The van der Waals surface area contributed by atoms with Crippen LogP contribution < -0.4 is 14.8 Å². The van der Waals surface area contributed by atoms with Crippen LogP contribution in [0.5, 0.6) is 17.4 Å². The molecule has 0 bridgehead atoms. The van der Waals surface area contributed by atoms with E-state index in [4.69, 9.17) is 9.47 Å². The molecule has 0 spiro atoms. The van der Waals surface area contributed by atoms with Gasteiger partial charge in [-0.1, -0.05) is 18.2 Å². The highest BCUT2D eigenvalue weighted by molar-refractivity contribution is 5.93. The van der Waals surface area contributed by atoms with Crippen molar-refractivity contribution in [1.82, 2.24) is 9.55 Å². The maximum atomic E-state index is 12.7. The fraction of sp³-hybridized carbons (Fsp3) is 0.130. The van der Waals surface area contributed by atoms with Crippen LogP contribution in [-0.4, -0.2) is 22.6 Å². The first-order valence-electron chi connectivity index (χ1n) is 9.25. The molecule has 0 saturated carbocycles. The highest BCUT2D eigenvalue weighted by atomic mass is 16.5. The number of benzene rings is 2. The van der Waals surface area contributed by atoms with E-state index in [9.17, 15) is 4.79 Å². The van der Waals surface area contributed by atoms with Crippen LogP contribution in [0.3, 0.4) is 0 Å². The number of carbonyl (C=O) groups excluding carboxylic acids is 1. The Morgan fingerprint density at radius 1 is 1.03 bits per heavy atom. The lowest BCUT2D eigenvalue weighted by molar-refractivity contribution is -0.116. The molecule has 0 radical (unpaired) electrons. The molecule has 0 aliphatic heterocycles. The molecular formula is C23H21N3O3. The van der Waals surface area contributed by atoms with Crippen LogP contribution in [0.25, 0.3) is 10.9 Å². The molecule has 2 aromatic heterocycles. The predicted octanol–water partition coefficient (Wildman–Crippen LogP) is 4.78. The van der Waals surface area contributed by atoms with E-state index in [2.05, 4.69) is 16.4 Å². The zero-order valence-corrected chi connectivity index (χ0v) is 16.3. The number of ether oxygens (including phenoxy) is 2. The van der Waals surface area contributed by atoms with Gasteiger partial charge in [0.15, 0.2) is 0 Å². The second-order valence-electron chi connectivity index (χ2n) is 6.61. The van der Waals surface area contributed by atoms with Gasteiger partial charge in [0.1, 0.15) is 23.7 Å². The smallest absolute Gasteiger partial charge is 0.244 e. The summed E-state index contributed by atoms with van der Waals surface area (Å²) in [7, 11) is 1.61. The van der Waals surface area contributed by atoms with E-state index in [-0.39, 0.29) is 12.5 Å². The van der Waals surface area contributed by atoms with E-state index in [1.54, 1.807) is 49.7 Å². The number of hydrogen-bond acceptors (Lipinski definition) is 4. The Hall–Kier alpha value is -3.80. The highest BCUT2D eigenvalue weighted by Gasteiger charge is 2.13. The molecule has 6 nitrogen and oxygen atoms in total. The Balaban J connectivity index is 1.51. The van der Waals surface area contributed by atoms with Crippen molar-refractivity contribution in [3.63, 3.8) is 0 Å². The lowest BCUT2D eigenvalue weighted by Gasteiger charge is -2.13. The second-order valence-corrected chi connectivity index (χ2v) is 6.61. The third-order valence-electron chi connectivity index (χ3n) is 4.64. The molecule has 6 heteroatoms. The number of aryl methyl sites for hydroxylation is 1. The Labute approximate surface area is 168 Å². The number of rotatable bonds is 6. The summed E-state index contributed by atoms with van der Waals surface area (Å²) in [6, 6.07) is 20.8. The molecule has 2 heterocycles. The van der Waals surface area contributed by atoms with E-state index in [1.807, 2.05) is 35.8 Å². The van der Waals surface area contributed by atoms with Crippen LogP contribution in [0.15, 0.2) is 72.9 Å². The number of nitrogens with zero attached hydrogens (tertiary/aromatic N) is 2. The molecule has 0 fully saturated rings. The number of fused-ring (bicyclic) bond motifs is 1. The maximum Gasteiger partial charge on any atom is 0.244 e. The lowest BCUT2D eigenvalue weighted by Crippen LogP contribution is -2.19. The third-order valence-corrected chi connectivity index (χ3v) is 4.64. The number of nitrogens with one attached hydrogen (secondary N) is 1. The molecule has 0 atom stereocenters. The SMILES string of the molecule is COc1ccc(Oc2ncccc2NC(=O)Cn2c(C)cc3ccccc32)cc1. The lowest BCUT2D eigenvalue weighted by atomic mass is 10.2. The molecule has 1 amide bonds. The van der Waals surface area contributed by atoms with E-state index in [0.29, 0.717) is 17.3 Å². The Kier molecular flexibility index (Phi) is 5.16. The average Bonchev–Trinajstić information content (AvgIpc) is 3.05. The van der Waals surface area contributed by atoms with Crippen LogP contribution in [-0.2, 0) is 11.3 Å². The minimum Gasteiger partial charge on any atom is -0.497 e. The molecule has 0 aliphatic rings. The van der Waals surface area contributed by atoms with Crippen molar-refractivity contribution < 1.29 is 14.3 Å². The third kappa shape index (κ3) is 4.06. The minimum absolute atomic E-state index is 0.151. The zero-order valence-electron chi connectivity index (χ0n) is 16.3. The number of hydrogen-bond donors (Lipinski definition) is 1. The number of para-hydroxylation sites is 1. The first-order chi connectivity index (χ1) is 14.1. The number of carbonyl (C=O) groups is 1. The average molecular weight is 387 g/mol. The molecule has 4 aromatic rings. The van der Waals surface area contributed by atoms with Crippen LogP contribution in [0.1, 0.15) is 5.69 Å². The number of pyridine rings is 1. The molecule has 0 unspecified atom stereocenters. The standard InChI is InChI=1S/C23H21N3O3/c1-16-14-17-6-3-4-8-21(17)26(16)15-22(27)25-20-7-5-13-24-23(20)29-19-11-9-18(28-2)10-12-19/h3-14H,15H2,1-2H3,(H,25,27). The molecule has 146 valence electrons. The fourth-order valence-electron chi connectivity index (χ4n) is 3.21. The summed E-state index contributed by atoms with van der Waals surface area (Å²) in [5, 5.41) is 4.03. The summed E-state index contributed by atoms with van der Waals surface area (Å²) in [6.45, 7) is 2.20. The fourth-order valence-corrected chi connectivity index (χ4v) is 3.21. The van der Waals surface area contributed by atoms with Gasteiger partial charge in [0.25, 0.3) is 0 Å². The normalized spacial score (nSPS) is 10.7. The summed E-state index contributed by atoms with van der Waals surface area (Å²) in [5.74, 6) is 1.52. The van der Waals surface area contributed by atoms with Crippen molar-refractivity contribution in [3.05, 3.63) is 78.6 Å². The molecular weight excluding hydrogens is 366 g/mol. The van der Waals surface area contributed by atoms with Crippen molar-refractivity contribution >= 4 is 22.5 Å². The van der Waals surface area contributed by atoms with E-state index in [1.165, 1.54) is 0 Å². The maximum absolute atomic E-state index is 12.7. The predicted molar refractivity (Wildman–Crippen MR) is 113 cm³/mol. The van der Waals surface area contributed by atoms with Crippen LogP contribution >= 0.6 is 0 Å². The molecule has 29 heavy (non-hydrogen) atoms. The Bertz CT molecular complexity index is 1150. The van der Waals surface area contributed by atoms with Crippen LogP contribution in [0.2, 0.25) is 0 Å². The van der Waals surface area contributed by atoms with Crippen molar-refractivity contribution in [3.8, 4) is 17.4 Å². The molecule has 2 aromatic carbocycles. The highest BCUT2D eigenvalue weighted by Crippen LogP contribution is 2.28. The summed E-state index contributed by atoms with van der Waals surface area (Å²) in [4.78, 5) is 17.0. The Morgan fingerprint density at radius 3 is 2.59 bits per heavy atom. The first kappa shape index (κ1) is 18.6. The van der Waals surface area contributed by atoms with Gasteiger partial charge in [-0.25, -0.2) is 4.98 Å². The van der Waals surface area contributed by atoms with Crippen molar-refractivity contribution in [2.75, 3.05) is 12.4 Å². The zero-order chi connectivity index (χ0) is 20.2.